The van der Waals surface area contributed by atoms with E-state index in [0.29, 0.717) is 0 Å². The maximum absolute atomic E-state index is 11.6. The van der Waals surface area contributed by atoms with E-state index in [9.17, 15) is 24.9 Å². The Morgan fingerprint density at radius 1 is 1.48 bits per heavy atom. The van der Waals surface area contributed by atoms with Crippen LogP contribution < -0.4 is 16.8 Å². The Morgan fingerprint density at radius 3 is 2.56 bits per heavy atom. The van der Waals surface area contributed by atoms with Gasteiger partial charge in [0.05, 0.1) is 18.7 Å². The van der Waals surface area contributed by atoms with Crippen molar-refractivity contribution < 1.29 is 34.4 Å². The van der Waals surface area contributed by atoms with Gasteiger partial charge in [-0.2, -0.15) is 0 Å². The Kier molecular flexibility index (Phi) is 7.61. The summed E-state index contributed by atoms with van der Waals surface area (Å²) in [5.74, 6) is -2.61. The normalized spacial score (nSPS) is 25.1. The number of ether oxygens (including phenoxy) is 2. The number of carbonyl (C=O) groups is 2. The lowest BCUT2D eigenvalue weighted by molar-refractivity contribution is -0.152. The van der Waals surface area contributed by atoms with Gasteiger partial charge in [0.2, 0.25) is 11.7 Å². The molecule has 0 spiro atoms. The van der Waals surface area contributed by atoms with E-state index >= 15 is 0 Å². The van der Waals surface area contributed by atoms with Crippen molar-refractivity contribution in [3.63, 3.8) is 0 Å². The van der Waals surface area contributed by atoms with Crippen LogP contribution in [0.5, 0.6) is 0 Å². The van der Waals surface area contributed by atoms with Crippen LogP contribution in [0.1, 0.15) is 13.8 Å². The predicted octanol–water partition coefficient (Wildman–Crippen LogP) is -2.74. The van der Waals surface area contributed by atoms with Gasteiger partial charge in [0.25, 0.3) is 0 Å². The van der Waals surface area contributed by atoms with Gasteiger partial charge in [-0.25, -0.2) is 9.79 Å². The molecule has 0 aromatic heterocycles. The number of carbonyl (C=O) groups excluding carboxylic acids is 1. The van der Waals surface area contributed by atoms with E-state index in [2.05, 4.69) is 10.3 Å². The molecule has 0 unspecified atom stereocenters. The monoisotopic (exact) mass is 360 g/mol. The van der Waals surface area contributed by atoms with E-state index in [4.69, 9.17) is 20.9 Å². The Bertz CT molecular complexity index is 547. The lowest BCUT2D eigenvalue weighted by atomic mass is 9.92. The van der Waals surface area contributed by atoms with Crippen LogP contribution in [0.15, 0.2) is 16.8 Å². The fourth-order valence-electron chi connectivity index (χ4n) is 2.52. The molecule has 1 aliphatic rings. The molecule has 11 heteroatoms. The van der Waals surface area contributed by atoms with Crippen LogP contribution in [-0.2, 0) is 19.1 Å². The van der Waals surface area contributed by atoms with Crippen LogP contribution in [0.2, 0.25) is 0 Å². The lowest BCUT2D eigenvalue weighted by Crippen LogP contribution is -2.60. The fraction of sp³-hybridized carbons (Fsp3) is 0.643. The van der Waals surface area contributed by atoms with E-state index in [1.807, 2.05) is 0 Å². The molecule has 1 rings (SSSR count). The molecule has 0 saturated heterocycles. The first-order chi connectivity index (χ1) is 11.7. The minimum atomic E-state index is -1.38. The summed E-state index contributed by atoms with van der Waals surface area (Å²) in [4.78, 5) is 26.8. The molecule has 8 N–H and O–H groups in total. The zero-order chi connectivity index (χ0) is 19.1. The van der Waals surface area contributed by atoms with Crippen LogP contribution >= 0.6 is 0 Å². The second kappa shape index (κ2) is 9.20. The molecule has 25 heavy (non-hydrogen) atoms. The number of guanidine groups is 1. The van der Waals surface area contributed by atoms with Gasteiger partial charge in [-0.05, 0) is 13.0 Å². The molecule has 0 saturated carbocycles. The van der Waals surface area contributed by atoms with Crippen molar-refractivity contribution in [2.75, 3.05) is 13.2 Å². The Morgan fingerprint density at radius 2 is 2.12 bits per heavy atom. The predicted molar refractivity (Wildman–Crippen MR) is 86.3 cm³/mol. The number of aliphatic hydroxyl groups excluding tert-OH is 2. The number of nitrogens with one attached hydrogen (secondary N) is 1. The molecule has 1 aliphatic heterocycles. The van der Waals surface area contributed by atoms with Crippen LogP contribution in [-0.4, -0.2) is 76.8 Å². The molecule has 0 bridgehead atoms. The van der Waals surface area contributed by atoms with Gasteiger partial charge in [0.1, 0.15) is 12.2 Å². The summed E-state index contributed by atoms with van der Waals surface area (Å²) < 4.78 is 10.8. The number of aliphatic hydroxyl groups is 2. The summed E-state index contributed by atoms with van der Waals surface area (Å²) in [6.07, 6.45) is -2.52. The third kappa shape index (κ3) is 5.59. The second-order valence-electron chi connectivity index (χ2n) is 5.36. The van der Waals surface area contributed by atoms with E-state index in [1.165, 1.54) is 6.92 Å². The number of aliphatic imine (C=N–C) groups is 1. The third-order valence-electron chi connectivity index (χ3n) is 3.44. The highest BCUT2D eigenvalue weighted by Gasteiger charge is 2.44. The Labute approximate surface area is 144 Å². The Balaban J connectivity index is 3.37. The van der Waals surface area contributed by atoms with Crippen molar-refractivity contribution in [2.45, 2.75) is 44.2 Å². The topological polar surface area (TPSA) is 190 Å². The van der Waals surface area contributed by atoms with Crippen molar-refractivity contribution in [2.24, 2.45) is 16.5 Å². The summed E-state index contributed by atoms with van der Waals surface area (Å²) in [6, 6.07) is -1.90. The molecule has 0 aromatic rings. The quantitative estimate of drug-likeness (QED) is 0.197. The van der Waals surface area contributed by atoms with Gasteiger partial charge < -0.3 is 41.6 Å². The largest absolute Gasteiger partial charge is 0.478 e. The van der Waals surface area contributed by atoms with Crippen molar-refractivity contribution in [1.29, 1.82) is 0 Å². The van der Waals surface area contributed by atoms with Crippen molar-refractivity contribution in [1.82, 2.24) is 5.32 Å². The minimum Gasteiger partial charge on any atom is -0.478 e. The number of rotatable bonds is 8. The highest BCUT2D eigenvalue weighted by molar-refractivity contribution is 5.85. The molecule has 142 valence electrons. The highest BCUT2D eigenvalue weighted by Crippen LogP contribution is 2.26. The standard InChI is InChI=1S/C14H24N4O7/c1-3-24-11(8(21)5-19)12-10(17-6(2)20)7(18-14(15)16)4-9(25-12)13(22)23/h4,7-8,10-12,19,21H,3,5H2,1-2H3,(H,17,20)(H,22,23)(H4,15,16,18)/t7-,8+,10+,11-,12+/m0/s1. The molecule has 11 nitrogen and oxygen atoms in total. The van der Waals surface area contributed by atoms with Gasteiger partial charge in [0, 0.05) is 13.5 Å². The number of carboxylic acids is 1. The number of nitrogens with two attached hydrogens (primary N) is 2. The summed E-state index contributed by atoms with van der Waals surface area (Å²) in [5, 5.41) is 31.1. The van der Waals surface area contributed by atoms with E-state index < -0.39 is 54.6 Å². The third-order valence-corrected chi connectivity index (χ3v) is 3.44. The average Bonchev–Trinajstić information content (AvgIpc) is 2.52. The molecule has 0 aliphatic carbocycles. The smallest absolute Gasteiger partial charge is 0.370 e. The first-order valence-corrected chi connectivity index (χ1v) is 7.59. The number of hydrogen-bond acceptors (Lipinski definition) is 7. The molecule has 5 atom stereocenters. The molecular formula is C14H24N4O7. The molecule has 1 amide bonds. The van der Waals surface area contributed by atoms with E-state index in [-0.39, 0.29) is 12.6 Å². The fourth-order valence-corrected chi connectivity index (χ4v) is 2.52. The van der Waals surface area contributed by atoms with Gasteiger partial charge in [-0.15, -0.1) is 0 Å². The summed E-state index contributed by atoms with van der Waals surface area (Å²) in [5.41, 5.74) is 10.8. The summed E-state index contributed by atoms with van der Waals surface area (Å²) in [6.45, 7) is 2.39. The van der Waals surface area contributed by atoms with Gasteiger partial charge in [-0.3, -0.25) is 4.79 Å². The van der Waals surface area contributed by atoms with Crippen molar-refractivity contribution in [3.05, 3.63) is 11.8 Å². The van der Waals surface area contributed by atoms with Crippen molar-refractivity contribution in [3.8, 4) is 0 Å². The van der Waals surface area contributed by atoms with Crippen LogP contribution in [0.4, 0.5) is 0 Å². The number of hydrogen-bond donors (Lipinski definition) is 6. The van der Waals surface area contributed by atoms with E-state index in [1.54, 1.807) is 6.92 Å². The maximum Gasteiger partial charge on any atom is 0.370 e. The summed E-state index contributed by atoms with van der Waals surface area (Å²) in [7, 11) is 0. The number of aliphatic carboxylic acids is 1. The van der Waals surface area contributed by atoms with Gasteiger partial charge >= 0.3 is 5.97 Å². The van der Waals surface area contributed by atoms with E-state index in [0.717, 1.165) is 6.08 Å². The second-order valence-corrected chi connectivity index (χ2v) is 5.36. The number of nitrogens with zero attached hydrogens (tertiary/aromatic N) is 1. The minimum absolute atomic E-state index is 0.146. The zero-order valence-corrected chi connectivity index (χ0v) is 14.0. The van der Waals surface area contributed by atoms with Gasteiger partial charge in [0.15, 0.2) is 12.1 Å². The maximum atomic E-state index is 11.6. The highest BCUT2D eigenvalue weighted by atomic mass is 16.6. The zero-order valence-electron chi connectivity index (χ0n) is 14.0. The van der Waals surface area contributed by atoms with Crippen LogP contribution in [0.25, 0.3) is 0 Å². The SMILES string of the molecule is CCO[C@H]([C@@H]1OC(C(=O)O)=C[C@H](N=C(N)N)[C@H]1NC(C)=O)[C@H](O)CO. The molecule has 1 heterocycles. The lowest BCUT2D eigenvalue weighted by Gasteiger charge is -2.40. The van der Waals surface area contributed by atoms with Crippen LogP contribution in [0, 0.1) is 0 Å². The number of amides is 1. The average molecular weight is 360 g/mol. The summed E-state index contributed by atoms with van der Waals surface area (Å²) >= 11 is 0. The number of carboxylic acid groups (broad SMARTS) is 1. The molecule has 0 radical (unpaired) electrons. The molecule has 0 fully saturated rings. The molecular weight excluding hydrogens is 336 g/mol. The first-order valence-electron chi connectivity index (χ1n) is 7.59. The van der Waals surface area contributed by atoms with Crippen LogP contribution in [0.3, 0.4) is 0 Å². The Hall–Kier alpha value is -2.37. The van der Waals surface area contributed by atoms with Crippen molar-refractivity contribution >= 4 is 17.8 Å². The van der Waals surface area contributed by atoms with Gasteiger partial charge in [-0.1, -0.05) is 0 Å². The first kappa shape index (κ1) is 20.7. The molecule has 0 aromatic carbocycles.